The fourth-order valence-electron chi connectivity index (χ4n) is 5.56. The predicted octanol–water partition coefficient (Wildman–Crippen LogP) is 4.95. The molecule has 4 rings (SSSR count). The van der Waals surface area contributed by atoms with Gasteiger partial charge in [0, 0.05) is 23.7 Å². The zero-order chi connectivity index (χ0) is 29.4. The Kier molecular flexibility index (Phi) is 8.03. The lowest BCUT2D eigenvalue weighted by Gasteiger charge is -2.44. The highest BCUT2D eigenvalue weighted by Gasteiger charge is 2.56. The average Bonchev–Trinajstić information content (AvgIpc) is 2.87. The van der Waals surface area contributed by atoms with Crippen LogP contribution >= 0.6 is 0 Å². The third kappa shape index (κ3) is 5.72. The number of amides is 2. The van der Waals surface area contributed by atoms with E-state index in [9.17, 15) is 24.6 Å². The highest BCUT2D eigenvalue weighted by molar-refractivity contribution is 6.10. The van der Waals surface area contributed by atoms with E-state index in [1.54, 1.807) is 6.07 Å². The number of anilines is 2. The second-order valence-corrected chi connectivity index (χ2v) is 11.0. The van der Waals surface area contributed by atoms with Gasteiger partial charge >= 0.3 is 0 Å². The molecular formula is C32H36N2O6. The van der Waals surface area contributed by atoms with Gasteiger partial charge in [0.1, 0.15) is 11.7 Å². The summed E-state index contributed by atoms with van der Waals surface area (Å²) in [4.78, 5) is 41.4. The number of ketones is 1. The van der Waals surface area contributed by atoms with E-state index in [1.165, 1.54) is 26.2 Å². The summed E-state index contributed by atoms with van der Waals surface area (Å²) in [6.45, 7) is 8.97. The zero-order valence-electron chi connectivity index (χ0n) is 23.7. The van der Waals surface area contributed by atoms with Crippen molar-refractivity contribution in [2.24, 2.45) is 11.8 Å². The van der Waals surface area contributed by atoms with E-state index in [0.29, 0.717) is 16.9 Å². The molecule has 1 fully saturated rings. The van der Waals surface area contributed by atoms with Gasteiger partial charge < -0.3 is 25.6 Å². The number of carbonyl (C=O) groups is 3. The molecule has 0 bridgehead atoms. The van der Waals surface area contributed by atoms with Crippen LogP contribution in [0.3, 0.4) is 0 Å². The second-order valence-electron chi connectivity index (χ2n) is 11.0. The van der Waals surface area contributed by atoms with Gasteiger partial charge in [-0.3, -0.25) is 14.4 Å². The van der Waals surface area contributed by atoms with E-state index < -0.39 is 41.0 Å². The minimum atomic E-state index is -1.76. The largest absolute Gasteiger partial charge is 0.504 e. The molecule has 4 atom stereocenters. The number of aryl methyl sites for hydroxylation is 4. The second kappa shape index (κ2) is 11.1. The molecule has 4 unspecified atom stereocenters. The van der Waals surface area contributed by atoms with Crippen molar-refractivity contribution < 1.29 is 29.3 Å². The highest BCUT2D eigenvalue weighted by Crippen LogP contribution is 2.48. The normalized spacial score (nSPS) is 22.5. The Balaban J connectivity index is 1.84. The number of hydrogen-bond acceptors (Lipinski definition) is 6. The number of rotatable bonds is 6. The lowest BCUT2D eigenvalue weighted by atomic mass is 9.61. The SMILES string of the molecule is COc1cc(C2C(C(=O)Nc3cc(C)ccc3C)C(=O)CC(C)(O)C2C(=O)Nc2cc(C)ccc2C)ccc1O. The Bertz CT molecular complexity index is 1480. The van der Waals surface area contributed by atoms with Crippen LogP contribution in [0.4, 0.5) is 11.4 Å². The monoisotopic (exact) mass is 544 g/mol. The summed E-state index contributed by atoms with van der Waals surface area (Å²) in [5.74, 6) is -5.12. The Hall–Kier alpha value is -4.17. The van der Waals surface area contributed by atoms with Crippen molar-refractivity contribution in [2.75, 3.05) is 17.7 Å². The average molecular weight is 545 g/mol. The van der Waals surface area contributed by atoms with Crippen LogP contribution in [0.5, 0.6) is 11.5 Å². The smallest absolute Gasteiger partial charge is 0.235 e. The van der Waals surface area contributed by atoms with Crippen molar-refractivity contribution in [3.63, 3.8) is 0 Å². The molecule has 1 saturated carbocycles. The van der Waals surface area contributed by atoms with Gasteiger partial charge in [-0.05, 0) is 86.7 Å². The molecule has 4 N–H and O–H groups in total. The van der Waals surface area contributed by atoms with Crippen LogP contribution in [0.1, 0.15) is 47.1 Å². The van der Waals surface area contributed by atoms with Gasteiger partial charge in [-0.2, -0.15) is 0 Å². The van der Waals surface area contributed by atoms with E-state index >= 15 is 0 Å². The van der Waals surface area contributed by atoms with Crippen LogP contribution in [-0.2, 0) is 14.4 Å². The van der Waals surface area contributed by atoms with Crippen LogP contribution < -0.4 is 15.4 Å². The summed E-state index contributed by atoms with van der Waals surface area (Å²) in [5.41, 5.74) is 3.32. The van der Waals surface area contributed by atoms with Crippen molar-refractivity contribution >= 4 is 29.0 Å². The standard InChI is InChI=1S/C32H36N2O6/c1-17-7-9-19(3)22(13-17)33-30(37)28-25(36)16-32(5,39)29(27(28)21-11-12-24(35)26(15-21)40-6)31(38)34-23-14-18(2)8-10-20(23)4/h7-15,27-29,35,39H,16H2,1-6H3,(H,33,37)(H,34,38). The maximum atomic E-state index is 14.0. The first-order valence-electron chi connectivity index (χ1n) is 13.2. The Labute approximate surface area is 234 Å². The number of nitrogens with one attached hydrogen (secondary N) is 2. The van der Waals surface area contributed by atoms with Gasteiger partial charge in [0.25, 0.3) is 0 Å². The maximum absolute atomic E-state index is 14.0. The van der Waals surface area contributed by atoms with Gasteiger partial charge in [-0.15, -0.1) is 0 Å². The Morgan fingerprint density at radius 2 is 1.43 bits per heavy atom. The summed E-state index contributed by atoms with van der Waals surface area (Å²) in [6.07, 6.45) is -0.380. The molecule has 0 aliphatic heterocycles. The number of carbonyl (C=O) groups excluding carboxylic acids is 3. The lowest BCUT2D eigenvalue weighted by Crippen LogP contribution is -2.56. The summed E-state index contributed by atoms with van der Waals surface area (Å²) in [7, 11) is 1.39. The van der Waals surface area contributed by atoms with Crippen molar-refractivity contribution in [2.45, 2.75) is 52.6 Å². The van der Waals surface area contributed by atoms with Gasteiger partial charge in [0.15, 0.2) is 11.5 Å². The van der Waals surface area contributed by atoms with Crippen molar-refractivity contribution in [3.8, 4) is 11.5 Å². The first-order valence-corrected chi connectivity index (χ1v) is 13.2. The fourth-order valence-corrected chi connectivity index (χ4v) is 5.56. The molecule has 0 spiro atoms. The third-order valence-electron chi connectivity index (χ3n) is 7.72. The van der Waals surface area contributed by atoms with Crippen molar-refractivity contribution in [1.29, 1.82) is 0 Å². The Morgan fingerprint density at radius 1 is 0.875 bits per heavy atom. The van der Waals surface area contributed by atoms with Crippen molar-refractivity contribution in [1.82, 2.24) is 0 Å². The minimum absolute atomic E-state index is 0.123. The number of Topliss-reactive ketones (excluding diaryl/α,β-unsaturated/α-hetero) is 1. The molecule has 1 aliphatic rings. The van der Waals surface area contributed by atoms with Crippen LogP contribution in [0.2, 0.25) is 0 Å². The molecule has 3 aromatic carbocycles. The lowest BCUT2D eigenvalue weighted by molar-refractivity contribution is -0.150. The fraction of sp³-hybridized carbons (Fsp3) is 0.344. The van der Waals surface area contributed by atoms with Gasteiger partial charge in [-0.1, -0.05) is 30.3 Å². The van der Waals surface area contributed by atoms with Crippen LogP contribution in [0.25, 0.3) is 0 Å². The molecule has 0 aromatic heterocycles. The Morgan fingerprint density at radius 3 is 1.98 bits per heavy atom. The van der Waals surface area contributed by atoms with E-state index in [0.717, 1.165) is 22.3 Å². The number of phenolic OH excluding ortho intramolecular Hbond substituents is 1. The van der Waals surface area contributed by atoms with E-state index in [4.69, 9.17) is 4.74 Å². The molecule has 0 heterocycles. The number of benzene rings is 3. The molecular weight excluding hydrogens is 508 g/mol. The summed E-state index contributed by atoms with van der Waals surface area (Å²) in [6, 6.07) is 15.7. The van der Waals surface area contributed by atoms with Gasteiger partial charge in [-0.25, -0.2) is 0 Å². The molecule has 40 heavy (non-hydrogen) atoms. The molecule has 8 nitrogen and oxygen atoms in total. The molecule has 0 radical (unpaired) electrons. The number of ether oxygens (including phenoxy) is 1. The van der Waals surface area contributed by atoms with E-state index in [1.807, 2.05) is 64.1 Å². The molecule has 3 aromatic rings. The minimum Gasteiger partial charge on any atom is -0.504 e. The summed E-state index contributed by atoms with van der Waals surface area (Å²) >= 11 is 0. The quantitative estimate of drug-likeness (QED) is 0.326. The number of hydrogen-bond donors (Lipinski definition) is 4. The maximum Gasteiger partial charge on any atom is 0.235 e. The van der Waals surface area contributed by atoms with Crippen LogP contribution in [0.15, 0.2) is 54.6 Å². The molecule has 2 amide bonds. The number of aliphatic hydroxyl groups is 1. The molecule has 210 valence electrons. The number of aromatic hydroxyl groups is 1. The first kappa shape index (κ1) is 28.8. The molecule has 1 aliphatic carbocycles. The topological polar surface area (TPSA) is 125 Å². The van der Waals surface area contributed by atoms with Crippen LogP contribution in [0, 0.1) is 39.5 Å². The van der Waals surface area contributed by atoms with Gasteiger partial charge in [0.2, 0.25) is 11.8 Å². The van der Waals surface area contributed by atoms with Crippen LogP contribution in [-0.4, -0.2) is 40.5 Å². The van der Waals surface area contributed by atoms with Crippen molar-refractivity contribution in [3.05, 3.63) is 82.4 Å². The zero-order valence-corrected chi connectivity index (χ0v) is 23.7. The molecule has 8 heteroatoms. The third-order valence-corrected chi connectivity index (χ3v) is 7.72. The predicted molar refractivity (Wildman–Crippen MR) is 154 cm³/mol. The summed E-state index contributed by atoms with van der Waals surface area (Å²) in [5, 5.41) is 27.6. The van der Waals surface area contributed by atoms with Gasteiger partial charge in [0.05, 0.1) is 18.6 Å². The molecule has 0 saturated heterocycles. The first-order chi connectivity index (χ1) is 18.8. The van der Waals surface area contributed by atoms with E-state index in [2.05, 4.69) is 10.6 Å². The summed E-state index contributed by atoms with van der Waals surface area (Å²) < 4.78 is 5.30. The number of phenols is 1. The number of methoxy groups -OCH3 is 1. The van der Waals surface area contributed by atoms with E-state index in [-0.39, 0.29) is 17.9 Å². The highest BCUT2D eigenvalue weighted by atomic mass is 16.5.